The van der Waals surface area contributed by atoms with Crippen LogP contribution in [0.1, 0.15) is 62.5 Å². The van der Waals surface area contributed by atoms with Gasteiger partial charge in [0.25, 0.3) is 11.6 Å². The average molecular weight is 464 g/mol. The van der Waals surface area contributed by atoms with Crippen LogP contribution in [0, 0.1) is 10.1 Å². The lowest BCUT2D eigenvalue weighted by molar-refractivity contribution is -0.385. The van der Waals surface area contributed by atoms with Gasteiger partial charge in [-0.25, -0.2) is 9.18 Å². The summed E-state index contributed by atoms with van der Waals surface area (Å²) < 4.78 is 19.7. The molecule has 2 amide bonds. The van der Waals surface area contributed by atoms with Gasteiger partial charge in [0.05, 0.1) is 22.6 Å². The van der Waals surface area contributed by atoms with Crippen molar-refractivity contribution in [3.63, 3.8) is 0 Å². The van der Waals surface area contributed by atoms with Gasteiger partial charge in [0.1, 0.15) is 11.8 Å². The zero-order valence-corrected chi connectivity index (χ0v) is 19.6. The number of aliphatic hydroxyl groups is 1. The summed E-state index contributed by atoms with van der Waals surface area (Å²) in [6.07, 6.45) is -0.0301. The van der Waals surface area contributed by atoms with Crippen LogP contribution in [-0.2, 0) is 11.3 Å². The van der Waals surface area contributed by atoms with Crippen molar-refractivity contribution < 1.29 is 28.7 Å². The van der Waals surface area contributed by atoms with E-state index < -0.39 is 34.3 Å². The fourth-order valence-electron chi connectivity index (χ4n) is 3.79. The van der Waals surface area contributed by atoms with E-state index in [9.17, 15) is 29.2 Å². The monoisotopic (exact) mass is 463 g/mol. The molecule has 0 spiro atoms. The molecule has 10 heteroatoms. The molecule has 2 heterocycles. The van der Waals surface area contributed by atoms with E-state index in [0.29, 0.717) is 29.7 Å². The number of rotatable bonds is 5. The van der Waals surface area contributed by atoms with E-state index in [1.165, 1.54) is 35.8 Å². The Hall–Kier alpha value is -3.01. The lowest BCUT2D eigenvalue weighted by Crippen LogP contribution is -2.42. The second-order valence-corrected chi connectivity index (χ2v) is 10.00. The highest BCUT2D eigenvalue weighted by Gasteiger charge is 2.36. The predicted octanol–water partition coefficient (Wildman–Crippen LogP) is 3.68. The molecule has 9 nitrogen and oxygen atoms in total. The Bertz CT molecular complexity index is 1010. The molecular formula is C23H30FN3O6. The van der Waals surface area contributed by atoms with Crippen LogP contribution < -0.4 is 0 Å². The van der Waals surface area contributed by atoms with Gasteiger partial charge in [0, 0.05) is 31.3 Å². The number of nitro groups is 1. The van der Waals surface area contributed by atoms with Crippen molar-refractivity contribution >= 4 is 23.3 Å². The van der Waals surface area contributed by atoms with Crippen molar-refractivity contribution in [1.82, 2.24) is 9.80 Å². The minimum Gasteiger partial charge on any atom is -0.444 e. The van der Waals surface area contributed by atoms with Gasteiger partial charge >= 0.3 is 6.09 Å². The van der Waals surface area contributed by atoms with E-state index in [1.807, 2.05) is 0 Å². The van der Waals surface area contributed by atoms with Crippen molar-refractivity contribution in [2.75, 3.05) is 19.6 Å². The lowest BCUT2D eigenvalue weighted by Gasteiger charge is -2.29. The van der Waals surface area contributed by atoms with Crippen molar-refractivity contribution in [3.05, 3.63) is 45.0 Å². The molecule has 1 N–H and O–H groups in total. The Morgan fingerprint density at radius 3 is 2.45 bits per heavy atom. The van der Waals surface area contributed by atoms with Gasteiger partial charge in [-0.05, 0) is 58.2 Å². The Morgan fingerprint density at radius 2 is 1.94 bits per heavy atom. The number of nitro benzene ring substituents is 1. The molecule has 0 fully saturated rings. The molecule has 2 aliphatic heterocycles. The van der Waals surface area contributed by atoms with Crippen molar-refractivity contribution in [3.8, 4) is 0 Å². The third-order valence-electron chi connectivity index (χ3n) is 5.65. The molecule has 0 saturated heterocycles. The minimum absolute atomic E-state index is 0.0389. The van der Waals surface area contributed by atoms with E-state index in [1.54, 1.807) is 26.8 Å². The molecular weight excluding hydrogens is 433 g/mol. The van der Waals surface area contributed by atoms with Gasteiger partial charge < -0.3 is 19.6 Å². The molecule has 1 unspecified atom stereocenters. The first-order valence-electron chi connectivity index (χ1n) is 10.8. The van der Waals surface area contributed by atoms with E-state index in [-0.39, 0.29) is 30.9 Å². The van der Waals surface area contributed by atoms with Crippen LogP contribution in [0.3, 0.4) is 0 Å². The SMILES string of the molecule is CC(C)(C)OC(=O)N1CC=C(c2cc3c(cc2[N+](=O)[O-])CN(CC(F)C(C)(C)O)C3=O)CC1. The first kappa shape index (κ1) is 24.6. The smallest absolute Gasteiger partial charge is 0.410 e. The highest BCUT2D eigenvalue weighted by Crippen LogP contribution is 2.36. The number of hydrogen-bond acceptors (Lipinski definition) is 6. The summed E-state index contributed by atoms with van der Waals surface area (Å²) in [7, 11) is 0. The van der Waals surface area contributed by atoms with Gasteiger partial charge in [-0.1, -0.05) is 6.08 Å². The second kappa shape index (κ2) is 8.74. The van der Waals surface area contributed by atoms with Crippen LogP contribution >= 0.6 is 0 Å². The number of alkyl halides is 1. The third-order valence-corrected chi connectivity index (χ3v) is 5.65. The number of benzene rings is 1. The number of carbonyl (C=O) groups excluding carboxylic acids is 2. The van der Waals surface area contributed by atoms with Gasteiger partial charge in [0.2, 0.25) is 0 Å². The summed E-state index contributed by atoms with van der Waals surface area (Å²) in [5, 5.41) is 21.6. The zero-order valence-electron chi connectivity index (χ0n) is 19.6. The number of nitrogens with zero attached hydrogens (tertiary/aromatic N) is 3. The minimum atomic E-state index is -1.66. The van der Waals surface area contributed by atoms with Crippen molar-refractivity contribution in [2.45, 2.75) is 65.0 Å². The quantitative estimate of drug-likeness (QED) is 0.526. The zero-order chi connectivity index (χ0) is 24.7. The van der Waals surface area contributed by atoms with Crippen LogP contribution in [0.5, 0.6) is 0 Å². The molecule has 0 radical (unpaired) electrons. The highest BCUT2D eigenvalue weighted by molar-refractivity contribution is 6.00. The summed E-state index contributed by atoms with van der Waals surface area (Å²) in [6, 6.07) is 2.85. The predicted molar refractivity (Wildman–Crippen MR) is 119 cm³/mol. The Kier molecular flexibility index (Phi) is 6.52. The fourth-order valence-corrected chi connectivity index (χ4v) is 3.79. The number of fused-ring (bicyclic) bond motifs is 1. The summed E-state index contributed by atoms with van der Waals surface area (Å²) in [5.74, 6) is -0.431. The molecule has 1 aromatic carbocycles. The molecule has 0 aliphatic carbocycles. The number of hydrogen-bond donors (Lipinski definition) is 1. The molecule has 33 heavy (non-hydrogen) atoms. The number of carbonyl (C=O) groups is 2. The van der Waals surface area contributed by atoms with E-state index in [0.717, 1.165) is 0 Å². The number of ether oxygens (including phenoxy) is 1. The average Bonchev–Trinajstić information content (AvgIpc) is 3.00. The Morgan fingerprint density at radius 1 is 1.27 bits per heavy atom. The third kappa shape index (κ3) is 5.50. The van der Waals surface area contributed by atoms with Gasteiger partial charge in [-0.15, -0.1) is 0 Å². The molecule has 0 saturated carbocycles. The molecule has 3 rings (SSSR count). The van der Waals surface area contributed by atoms with Crippen LogP contribution in [0.25, 0.3) is 5.57 Å². The molecule has 1 aromatic rings. The summed E-state index contributed by atoms with van der Waals surface area (Å²) in [6.45, 7) is 8.25. The van der Waals surface area contributed by atoms with Crippen LogP contribution in [0.2, 0.25) is 0 Å². The van der Waals surface area contributed by atoms with Crippen LogP contribution in [0.4, 0.5) is 14.9 Å². The maximum Gasteiger partial charge on any atom is 0.410 e. The standard InChI is InChI=1S/C23H30FN3O6/c1-22(2,3)33-21(29)25-8-6-14(7-9-25)16-11-17-15(10-18(16)27(31)32)12-26(20(17)28)13-19(24)23(4,5)30/h6,10-11,19,30H,7-9,12-13H2,1-5H3. The molecule has 1 atom stereocenters. The summed E-state index contributed by atoms with van der Waals surface area (Å²) >= 11 is 0. The van der Waals surface area contributed by atoms with Crippen molar-refractivity contribution in [2.24, 2.45) is 0 Å². The first-order chi connectivity index (χ1) is 15.2. The van der Waals surface area contributed by atoms with Gasteiger partial charge in [-0.3, -0.25) is 14.9 Å². The van der Waals surface area contributed by atoms with E-state index >= 15 is 0 Å². The number of amides is 2. The summed E-state index contributed by atoms with van der Waals surface area (Å²) in [4.78, 5) is 39.2. The van der Waals surface area contributed by atoms with E-state index in [2.05, 4.69) is 0 Å². The maximum atomic E-state index is 14.3. The Labute approximate surface area is 192 Å². The fraction of sp³-hybridized carbons (Fsp3) is 0.565. The topological polar surface area (TPSA) is 113 Å². The summed E-state index contributed by atoms with van der Waals surface area (Å²) in [5.41, 5.74) is -0.666. The molecule has 2 aliphatic rings. The maximum absolute atomic E-state index is 14.3. The van der Waals surface area contributed by atoms with Gasteiger partial charge in [-0.2, -0.15) is 0 Å². The normalized spacial score (nSPS) is 17.5. The second-order valence-electron chi connectivity index (χ2n) is 10.00. The molecule has 0 aromatic heterocycles. The van der Waals surface area contributed by atoms with Gasteiger partial charge in [0.15, 0.2) is 0 Å². The number of halogens is 1. The largest absolute Gasteiger partial charge is 0.444 e. The molecule has 180 valence electrons. The molecule has 0 bridgehead atoms. The van der Waals surface area contributed by atoms with E-state index in [4.69, 9.17) is 4.74 Å². The highest BCUT2D eigenvalue weighted by atomic mass is 19.1. The van der Waals surface area contributed by atoms with Crippen LogP contribution in [-0.4, -0.2) is 68.8 Å². The Balaban J connectivity index is 1.85. The lowest BCUT2D eigenvalue weighted by atomic mass is 9.94. The first-order valence-corrected chi connectivity index (χ1v) is 10.8. The van der Waals surface area contributed by atoms with Crippen molar-refractivity contribution in [1.29, 1.82) is 0 Å². The van der Waals surface area contributed by atoms with Crippen LogP contribution in [0.15, 0.2) is 18.2 Å².